The fourth-order valence-electron chi connectivity index (χ4n) is 3.28. The zero-order valence-electron chi connectivity index (χ0n) is 14.9. The SMILES string of the molecule is CN(C)Cc1nnc([C@H]2CCCN(C(=O)c3ccc[nH]c3=O)C2)n1C. The van der Waals surface area contributed by atoms with Crippen LogP contribution in [0.1, 0.15) is 40.8 Å². The maximum absolute atomic E-state index is 12.7. The smallest absolute Gasteiger partial charge is 0.260 e. The molecule has 1 aliphatic rings. The lowest BCUT2D eigenvalue weighted by Crippen LogP contribution is -2.41. The summed E-state index contributed by atoms with van der Waals surface area (Å²) in [4.78, 5) is 30.9. The van der Waals surface area contributed by atoms with Crippen molar-refractivity contribution in [1.82, 2.24) is 29.5 Å². The number of nitrogens with zero attached hydrogens (tertiary/aromatic N) is 5. The number of pyridine rings is 1. The summed E-state index contributed by atoms with van der Waals surface area (Å²) in [6.45, 7) is 1.94. The number of aromatic nitrogens is 4. The van der Waals surface area contributed by atoms with E-state index in [1.54, 1.807) is 17.0 Å². The first-order valence-electron chi connectivity index (χ1n) is 8.47. The van der Waals surface area contributed by atoms with Crippen LogP contribution in [0.4, 0.5) is 0 Å². The molecular weight excluding hydrogens is 320 g/mol. The molecule has 8 nitrogen and oxygen atoms in total. The molecule has 3 rings (SSSR count). The number of amides is 1. The van der Waals surface area contributed by atoms with Gasteiger partial charge in [-0.25, -0.2) is 0 Å². The van der Waals surface area contributed by atoms with Gasteiger partial charge in [-0.05, 0) is 39.1 Å². The van der Waals surface area contributed by atoms with Crippen molar-refractivity contribution in [2.45, 2.75) is 25.3 Å². The third-order valence-electron chi connectivity index (χ3n) is 4.58. The van der Waals surface area contributed by atoms with Crippen molar-refractivity contribution in [2.24, 2.45) is 7.05 Å². The van der Waals surface area contributed by atoms with Gasteiger partial charge in [-0.15, -0.1) is 10.2 Å². The number of nitrogens with one attached hydrogen (secondary N) is 1. The Morgan fingerprint density at radius 3 is 2.92 bits per heavy atom. The standard InChI is InChI=1S/C17H24N6O2/c1-21(2)11-14-19-20-15(22(14)3)12-6-5-9-23(10-12)17(25)13-7-4-8-18-16(13)24/h4,7-8,12H,5-6,9-11H2,1-3H3,(H,18,24)/t12-/m0/s1. The summed E-state index contributed by atoms with van der Waals surface area (Å²) in [6.07, 6.45) is 3.38. The van der Waals surface area contributed by atoms with E-state index in [0.29, 0.717) is 13.1 Å². The Morgan fingerprint density at radius 1 is 1.40 bits per heavy atom. The molecule has 134 valence electrons. The maximum atomic E-state index is 12.7. The number of likely N-dealkylation sites (tertiary alicyclic amines) is 1. The lowest BCUT2D eigenvalue weighted by atomic mass is 9.96. The summed E-state index contributed by atoms with van der Waals surface area (Å²) in [7, 11) is 5.95. The summed E-state index contributed by atoms with van der Waals surface area (Å²) in [5, 5.41) is 8.64. The second-order valence-electron chi connectivity index (χ2n) is 6.77. The first kappa shape index (κ1) is 17.3. The molecule has 0 radical (unpaired) electrons. The van der Waals surface area contributed by atoms with Gasteiger partial charge in [-0.3, -0.25) is 9.59 Å². The van der Waals surface area contributed by atoms with Crippen LogP contribution in [-0.4, -0.2) is 62.6 Å². The first-order valence-corrected chi connectivity index (χ1v) is 8.47. The average Bonchev–Trinajstić information content (AvgIpc) is 2.95. The van der Waals surface area contributed by atoms with Gasteiger partial charge in [-0.1, -0.05) is 0 Å². The Kier molecular flexibility index (Phi) is 4.98. The van der Waals surface area contributed by atoms with Crippen LogP contribution in [0.3, 0.4) is 0 Å². The molecule has 1 atom stereocenters. The predicted octanol–water partition coefficient (Wildman–Crippen LogP) is 0.585. The zero-order chi connectivity index (χ0) is 18.0. The van der Waals surface area contributed by atoms with Crippen molar-refractivity contribution in [2.75, 3.05) is 27.2 Å². The second kappa shape index (κ2) is 7.18. The lowest BCUT2D eigenvalue weighted by Gasteiger charge is -2.32. The van der Waals surface area contributed by atoms with E-state index in [4.69, 9.17) is 0 Å². The van der Waals surface area contributed by atoms with Crippen LogP contribution < -0.4 is 5.56 Å². The number of carbonyl (C=O) groups excluding carboxylic acids is 1. The van der Waals surface area contributed by atoms with E-state index in [1.165, 1.54) is 6.20 Å². The molecule has 2 aromatic heterocycles. The highest BCUT2D eigenvalue weighted by atomic mass is 16.2. The summed E-state index contributed by atoms with van der Waals surface area (Å²) >= 11 is 0. The molecule has 1 aliphatic heterocycles. The highest BCUT2D eigenvalue weighted by molar-refractivity contribution is 5.93. The van der Waals surface area contributed by atoms with E-state index in [0.717, 1.165) is 31.0 Å². The summed E-state index contributed by atoms with van der Waals surface area (Å²) in [5.41, 5.74) is -0.157. The van der Waals surface area contributed by atoms with E-state index in [-0.39, 0.29) is 22.9 Å². The van der Waals surface area contributed by atoms with Crippen LogP contribution in [-0.2, 0) is 13.6 Å². The van der Waals surface area contributed by atoms with Crippen LogP contribution >= 0.6 is 0 Å². The van der Waals surface area contributed by atoms with Gasteiger partial charge >= 0.3 is 0 Å². The van der Waals surface area contributed by atoms with Crippen molar-refractivity contribution in [1.29, 1.82) is 0 Å². The minimum atomic E-state index is -0.346. The quantitative estimate of drug-likeness (QED) is 0.877. The number of aromatic amines is 1. The number of hydrogen-bond acceptors (Lipinski definition) is 5. The van der Waals surface area contributed by atoms with E-state index < -0.39 is 0 Å². The molecule has 1 amide bonds. The number of carbonyl (C=O) groups is 1. The minimum Gasteiger partial charge on any atom is -0.338 e. The van der Waals surface area contributed by atoms with Crippen LogP contribution in [0, 0.1) is 0 Å². The minimum absolute atomic E-state index is 0.133. The molecule has 0 bridgehead atoms. The van der Waals surface area contributed by atoms with E-state index >= 15 is 0 Å². The Morgan fingerprint density at radius 2 is 2.20 bits per heavy atom. The van der Waals surface area contributed by atoms with Crippen LogP contribution in [0.5, 0.6) is 0 Å². The van der Waals surface area contributed by atoms with Crippen LogP contribution in [0.15, 0.2) is 23.1 Å². The summed E-state index contributed by atoms with van der Waals surface area (Å²) in [5.74, 6) is 1.72. The molecule has 1 N–H and O–H groups in total. The average molecular weight is 344 g/mol. The molecule has 0 aliphatic carbocycles. The normalized spacial score (nSPS) is 17.9. The highest BCUT2D eigenvalue weighted by Gasteiger charge is 2.29. The maximum Gasteiger partial charge on any atom is 0.260 e. The van der Waals surface area contributed by atoms with Crippen molar-refractivity contribution >= 4 is 5.91 Å². The fraction of sp³-hybridized carbons (Fsp3) is 0.529. The topological polar surface area (TPSA) is 87.1 Å². The van der Waals surface area contributed by atoms with Crippen molar-refractivity contribution < 1.29 is 4.79 Å². The third kappa shape index (κ3) is 3.63. The second-order valence-corrected chi connectivity index (χ2v) is 6.77. The van der Waals surface area contributed by atoms with Crippen molar-refractivity contribution in [3.05, 3.63) is 45.9 Å². The Hall–Kier alpha value is -2.48. The molecule has 1 fully saturated rings. The summed E-state index contributed by atoms with van der Waals surface area (Å²) < 4.78 is 2.02. The van der Waals surface area contributed by atoms with E-state index in [1.807, 2.05) is 30.6 Å². The summed E-state index contributed by atoms with van der Waals surface area (Å²) in [6, 6.07) is 3.24. The lowest BCUT2D eigenvalue weighted by molar-refractivity contribution is 0.0701. The van der Waals surface area contributed by atoms with Crippen LogP contribution in [0.25, 0.3) is 0 Å². The van der Waals surface area contributed by atoms with E-state index in [9.17, 15) is 9.59 Å². The predicted molar refractivity (Wildman–Crippen MR) is 93.3 cm³/mol. The highest BCUT2D eigenvalue weighted by Crippen LogP contribution is 2.26. The molecule has 1 saturated heterocycles. The van der Waals surface area contributed by atoms with Gasteiger partial charge in [-0.2, -0.15) is 0 Å². The van der Waals surface area contributed by atoms with Gasteiger partial charge in [0.1, 0.15) is 17.2 Å². The van der Waals surface area contributed by atoms with Crippen LogP contribution in [0.2, 0.25) is 0 Å². The number of hydrogen-bond donors (Lipinski definition) is 1. The number of rotatable bonds is 4. The molecule has 3 heterocycles. The number of piperidine rings is 1. The Bertz CT molecular complexity index is 809. The molecule has 8 heteroatoms. The van der Waals surface area contributed by atoms with Crippen molar-refractivity contribution in [3.63, 3.8) is 0 Å². The van der Waals surface area contributed by atoms with Gasteiger partial charge in [0.05, 0.1) is 6.54 Å². The monoisotopic (exact) mass is 344 g/mol. The van der Waals surface area contributed by atoms with Gasteiger partial charge < -0.3 is 19.4 Å². The third-order valence-corrected chi connectivity index (χ3v) is 4.58. The van der Waals surface area contributed by atoms with Crippen molar-refractivity contribution in [3.8, 4) is 0 Å². The molecule has 0 aromatic carbocycles. The fourth-order valence-corrected chi connectivity index (χ4v) is 3.28. The molecule has 0 unspecified atom stereocenters. The van der Waals surface area contributed by atoms with Gasteiger partial charge in [0.25, 0.3) is 11.5 Å². The molecule has 25 heavy (non-hydrogen) atoms. The van der Waals surface area contributed by atoms with Gasteiger partial charge in [0.2, 0.25) is 0 Å². The van der Waals surface area contributed by atoms with E-state index in [2.05, 4.69) is 15.2 Å². The molecule has 0 saturated carbocycles. The Balaban J connectivity index is 1.78. The van der Waals surface area contributed by atoms with Gasteiger partial charge in [0.15, 0.2) is 0 Å². The van der Waals surface area contributed by atoms with Gasteiger partial charge in [0, 0.05) is 32.3 Å². The Labute approximate surface area is 146 Å². The number of H-pyrrole nitrogens is 1. The zero-order valence-corrected chi connectivity index (χ0v) is 14.9. The molecular formula is C17H24N6O2. The molecule has 0 spiro atoms. The first-order chi connectivity index (χ1) is 12.0. The molecule has 2 aromatic rings. The largest absolute Gasteiger partial charge is 0.338 e.